The monoisotopic (exact) mass is 269 g/mol. The molecule has 1 aromatic rings. The van der Waals surface area contributed by atoms with Gasteiger partial charge in [0.2, 0.25) is 0 Å². The van der Waals surface area contributed by atoms with Crippen LogP contribution in [0, 0.1) is 11.6 Å². The Labute approximate surface area is 96.0 Å². The fourth-order valence-corrected chi connectivity index (χ4v) is 1.00. The first kappa shape index (κ1) is 13.9. The predicted octanol–water partition coefficient (Wildman–Crippen LogP) is 2.16. The molecule has 0 aromatic heterocycles. The van der Waals surface area contributed by atoms with Crippen molar-refractivity contribution in [3.8, 4) is 0 Å². The topological polar surface area (TPSA) is 66.4 Å². The number of carboxylic acid groups (broad SMARTS) is 1. The molecule has 0 bridgehead atoms. The summed E-state index contributed by atoms with van der Waals surface area (Å²) in [5.74, 6) is -7.47. The summed E-state index contributed by atoms with van der Waals surface area (Å²) < 4.78 is 61.8. The third-order valence-electron chi connectivity index (χ3n) is 1.79. The molecule has 1 rings (SSSR count). The van der Waals surface area contributed by atoms with E-state index in [0.29, 0.717) is 0 Å². The summed E-state index contributed by atoms with van der Waals surface area (Å²) in [5.41, 5.74) is -2.16. The highest BCUT2D eigenvalue weighted by atomic mass is 19.4. The number of hydrogen-bond acceptors (Lipinski definition) is 2. The van der Waals surface area contributed by atoms with Gasteiger partial charge in [0.1, 0.15) is 5.69 Å². The van der Waals surface area contributed by atoms with E-state index in [1.807, 2.05) is 0 Å². The summed E-state index contributed by atoms with van der Waals surface area (Å²) in [4.78, 5) is 20.9. The van der Waals surface area contributed by atoms with E-state index in [-0.39, 0.29) is 12.1 Å². The molecule has 0 fully saturated rings. The number of aromatic carboxylic acids is 1. The number of halogens is 5. The fraction of sp³-hybridized carbons (Fsp3) is 0.111. The molecule has 9 heteroatoms. The maximum absolute atomic E-state index is 13.1. The first-order valence-corrected chi connectivity index (χ1v) is 4.23. The van der Waals surface area contributed by atoms with E-state index in [1.54, 1.807) is 0 Å². The molecule has 4 nitrogen and oxygen atoms in total. The maximum Gasteiger partial charge on any atom is 0.471 e. The number of alkyl halides is 3. The van der Waals surface area contributed by atoms with E-state index in [4.69, 9.17) is 5.11 Å². The Bertz CT molecular complexity index is 488. The summed E-state index contributed by atoms with van der Waals surface area (Å²) >= 11 is 0. The van der Waals surface area contributed by atoms with Crippen LogP contribution in [0.25, 0.3) is 0 Å². The van der Waals surface area contributed by atoms with Crippen LogP contribution in [0.5, 0.6) is 0 Å². The smallest absolute Gasteiger partial charge is 0.471 e. The van der Waals surface area contributed by atoms with Crippen molar-refractivity contribution in [1.82, 2.24) is 0 Å². The second-order valence-corrected chi connectivity index (χ2v) is 3.07. The zero-order valence-corrected chi connectivity index (χ0v) is 8.31. The van der Waals surface area contributed by atoms with Crippen LogP contribution in [-0.4, -0.2) is 23.2 Å². The molecule has 0 saturated carbocycles. The molecular weight excluding hydrogens is 265 g/mol. The van der Waals surface area contributed by atoms with Gasteiger partial charge in [-0.15, -0.1) is 0 Å². The van der Waals surface area contributed by atoms with Crippen molar-refractivity contribution in [1.29, 1.82) is 0 Å². The third-order valence-corrected chi connectivity index (χ3v) is 1.79. The Hall–Kier alpha value is -2.19. The Morgan fingerprint density at radius 2 is 1.56 bits per heavy atom. The van der Waals surface area contributed by atoms with Gasteiger partial charge in [-0.3, -0.25) is 4.79 Å². The number of hydrogen-bond donors (Lipinski definition) is 2. The molecule has 1 amide bonds. The number of nitrogens with one attached hydrogen (secondary N) is 1. The number of anilines is 1. The molecule has 2 N–H and O–H groups in total. The van der Waals surface area contributed by atoms with E-state index in [2.05, 4.69) is 0 Å². The number of amides is 1. The van der Waals surface area contributed by atoms with Crippen molar-refractivity contribution < 1.29 is 36.6 Å². The highest BCUT2D eigenvalue weighted by Crippen LogP contribution is 2.24. The molecule has 0 atom stereocenters. The van der Waals surface area contributed by atoms with Gasteiger partial charge in [-0.2, -0.15) is 13.2 Å². The van der Waals surface area contributed by atoms with Crippen LogP contribution in [0.15, 0.2) is 12.1 Å². The van der Waals surface area contributed by atoms with Crippen LogP contribution >= 0.6 is 0 Å². The van der Waals surface area contributed by atoms with Crippen molar-refractivity contribution in [3.63, 3.8) is 0 Å². The first-order chi connectivity index (χ1) is 8.12. The van der Waals surface area contributed by atoms with Crippen LogP contribution in [0.4, 0.5) is 27.6 Å². The van der Waals surface area contributed by atoms with Gasteiger partial charge >= 0.3 is 18.1 Å². The third kappa shape index (κ3) is 2.93. The minimum atomic E-state index is -5.32. The van der Waals surface area contributed by atoms with Gasteiger partial charge in [-0.25, -0.2) is 13.6 Å². The lowest BCUT2D eigenvalue weighted by Crippen LogP contribution is -2.30. The zero-order chi connectivity index (χ0) is 14.1. The minimum Gasteiger partial charge on any atom is -0.478 e. The normalized spacial score (nSPS) is 11.2. The van der Waals surface area contributed by atoms with Gasteiger partial charge in [-0.1, -0.05) is 0 Å². The number of carbonyl (C=O) groups is 2. The molecule has 0 spiro atoms. The van der Waals surface area contributed by atoms with Crippen LogP contribution in [0.2, 0.25) is 0 Å². The molecule has 0 aliphatic heterocycles. The molecule has 0 unspecified atom stereocenters. The molecule has 0 aliphatic carbocycles. The standard InChI is InChI=1S/C9H4F5NO3/c10-4-1-3(7(16)17)2-5(11)6(4)15-8(18)9(12,13)14/h1-2H,(H,15,18)(H,16,17). The minimum absolute atomic E-state index is 0.289. The number of benzene rings is 1. The highest BCUT2D eigenvalue weighted by Gasteiger charge is 2.39. The van der Waals surface area contributed by atoms with Crippen molar-refractivity contribution in [2.45, 2.75) is 6.18 Å². The van der Waals surface area contributed by atoms with Gasteiger partial charge in [0.05, 0.1) is 5.56 Å². The van der Waals surface area contributed by atoms with Gasteiger partial charge in [0.15, 0.2) is 11.6 Å². The Balaban J connectivity index is 3.12. The Kier molecular flexibility index (Phi) is 3.54. The fourth-order valence-electron chi connectivity index (χ4n) is 1.00. The zero-order valence-electron chi connectivity index (χ0n) is 8.31. The van der Waals surface area contributed by atoms with Crippen LogP contribution < -0.4 is 5.32 Å². The van der Waals surface area contributed by atoms with Gasteiger partial charge in [-0.05, 0) is 12.1 Å². The van der Waals surface area contributed by atoms with Crippen LogP contribution in [0.3, 0.4) is 0 Å². The molecule has 0 heterocycles. The van der Waals surface area contributed by atoms with Crippen molar-refractivity contribution >= 4 is 17.6 Å². The van der Waals surface area contributed by atoms with Crippen molar-refractivity contribution in [2.75, 3.05) is 5.32 Å². The second kappa shape index (κ2) is 4.59. The Morgan fingerprint density at radius 3 is 1.89 bits per heavy atom. The SMILES string of the molecule is O=C(O)c1cc(F)c(NC(=O)C(F)(F)F)c(F)c1. The average molecular weight is 269 g/mol. The van der Waals surface area contributed by atoms with Gasteiger partial charge in [0.25, 0.3) is 0 Å². The quantitative estimate of drug-likeness (QED) is 0.808. The lowest BCUT2D eigenvalue weighted by Gasteiger charge is -2.10. The van der Waals surface area contributed by atoms with Crippen LogP contribution in [-0.2, 0) is 4.79 Å². The van der Waals surface area contributed by atoms with Crippen LogP contribution in [0.1, 0.15) is 10.4 Å². The average Bonchev–Trinajstić information content (AvgIpc) is 2.21. The van der Waals surface area contributed by atoms with E-state index >= 15 is 0 Å². The second-order valence-electron chi connectivity index (χ2n) is 3.07. The lowest BCUT2D eigenvalue weighted by molar-refractivity contribution is -0.167. The summed E-state index contributed by atoms with van der Waals surface area (Å²) in [7, 11) is 0. The molecular formula is C9H4F5NO3. The predicted molar refractivity (Wildman–Crippen MR) is 48.0 cm³/mol. The molecule has 0 saturated heterocycles. The molecule has 0 aliphatic rings. The van der Waals surface area contributed by atoms with E-state index in [1.165, 1.54) is 0 Å². The number of carbonyl (C=O) groups excluding carboxylic acids is 1. The first-order valence-electron chi connectivity index (χ1n) is 4.23. The molecule has 1 aromatic carbocycles. The Morgan fingerprint density at radius 1 is 1.11 bits per heavy atom. The summed E-state index contributed by atoms with van der Waals surface area (Å²) in [5, 5.41) is 9.41. The van der Waals surface area contributed by atoms with Gasteiger partial charge in [0, 0.05) is 0 Å². The largest absolute Gasteiger partial charge is 0.478 e. The molecule has 98 valence electrons. The summed E-state index contributed by atoms with van der Waals surface area (Å²) in [6.07, 6.45) is -5.32. The van der Waals surface area contributed by atoms with E-state index in [0.717, 1.165) is 5.32 Å². The van der Waals surface area contributed by atoms with Gasteiger partial charge < -0.3 is 10.4 Å². The van der Waals surface area contributed by atoms with Crippen molar-refractivity contribution in [3.05, 3.63) is 29.3 Å². The maximum atomic E-state index is 13.1. The highest BCUT2D eigenvalue weighted by molar-refractivity contribution is 5.96. The lowest BCUT2D eigenvalue weighted by atomic mass is 10.2. The van der Waals surface area contributed by atoms with Crippen molar-refractivity contribution in [2.24, 2.45) is 0 Å². The molecule has 0 radical (unpaired) electrons. The summed E-state index contributed by atoms with van der Waals surface area (Å²) in [6, 6.07) is 0.578. The van der Waals surface area contributed by atoms with E-state index in [9.17, 15) is 31.5 Å². The summed E-state index contributed by atoms with van der Waals surface area (Å²) in [6.45, 7) is 0. The number of rotatable bonds is 2. The van der Waals surface area contributed by atoms with E-state index < -0.39 is 40.9 Å². The number of carboxylic acids is 1. The molecule has 18 heavy (non-hydrogen) atoms.